The lowest BCUT2D eigenvalue weighted by molar-refractivity contribution is -0.132. The van der Waals surface area contributed by atoms with Crippen molar-refractivity contribution in [3.63, 3.8) is 0 Å². The van der Waals surface area contributed by atoms with Crippen molar-refractivity contribution >= 4 is 5.91 Å². The van der Waals surface area contributed by atoms with Gasteiger partial charge in [0.1, 0.15) is 12.4 Å². The summed E-state index contributed by atoms with van der Waals surface area (Å²) in [6.45, 7) is 3.15. The van der Waals surface area contributed by atoms with Gasteiger partial charge in [0.05, 0.1) is 26.7 Å². The summed E-state index contributed by atoms with van der Waals surface area (Å²) in [4.78, 5) is 15.7. The predicted molar refractivity (Wildman–Crippen MR) is 151 cm³/mol. The Balaban J connectivity index is 1.48. The molecular formula is C33H35NO4. The molecule has 38 heavy (non-hydrogen) atoms. The van der Waals surface area contributed by atoms with E-state index in [2.05, 4.69) is 19.1 Å². The second kappa shape index (κ2) is 13.3. The van der Waals surface area contributed by atoms with Crippen LogP contribution in [0.2, 0.25) is 0 Å². The normalized spacial score (nSPS) is 11.4. The van der Waals surface area contributed by atoms with E-state index in [1.54, 1.807) is 14.2 Å². The molecule has 0 saturated heterocycles. The maximum absolute atomic E-state index is 13.7. The molecule has 0 aromatic heterocycles. The fourth-order valence-electron chi connectivity index (χ4n) is 4.49. The largest absolute Gasteiger partial charge is 0.493 e. The van der Waals surface area contributed by atoms with Gasteiger partial charge in [-0.2, -0.15) is 0 Å². The smallest absolute Gasteiger partial charge is 0.227 e. The summed E-state index contributed by atoms with van der Waals surface area (Å²) >= 11 is 0. The summed E-state index contributed by atoms with van der Waals surface area (Å²) in [5.41, 5.74) is 4.22. The Morgan fingerprint density at radius 3 is 2.13 bits per heavy atom. The number of nitrogens with zero attached hydrogens (tertiary/aromatic N) is 1. The van der Waals surface area contributed by atoms with Gasteiger partial charge in [0.15, 0.2) is 11.5 Å². The zero-order chi connectivity index (χ0) is 26.7. The fraction of sp³-hybridized carbons (Fsp3) is 0.242. The van der Waals surface area contributed by atoms with E-state index in [1.165, 1.54) is 0 Å². The molecule has 0 radical (unpaired) electrons. The van der Waals surface area contributed by atoms with E-state index in [-0.39, 0.29) is 11.9 Å². The molecule has 0 aliphatic heterocycles. The van der Waals surface area contributed by atoms with Gasteiger partial charge in [-0.05, 0) is 59.9 Å². The highest BCUT2D eigenvalue weighted by atomic mass is 16.5. The van der Waals surface area contributed by atoms with Gasteiger partial charge in [-0.3, -0.25) is 4.79 Å². The molecule has 0 N–H and O–H groups in total. The van der Waals surface area contributed by atoms with Gasteiger partial charge in [0, 0.05) is 6.54 Å². The molecule has 0 fully saturated rings. The van der Waals surface area contributed by atoms with Crippen LogP contribution < -0.4 is 14.2 Å². The molecule has 5 heteroatoms. The zero-order valence-electron chi connectivity index (χ0n) is 22.3. The van der Waals surface area contributed by atoms with E-state index < -0.39 is 0 Å². The van der Waals surface area contributed by atoms with Crippen LogP contribution in [0.15, 0.2) is 103 Å². The number of rotatable bonds is 12. The highest BCUT2D eigenvalue weighted by Gasteiger charge is 2.22. The van der Waals surface area contributed by atoms with Crippen molar-refractivity contribution in [3.05, 3.63) is 125 Å². The number of benzene rings is 4. The molecule has 4 rings (SSSR count). The van der Waals surface area contributed by atoms with Crippen LogP contribution in [0.25, 0.3) is 0 Å². The van der Waals surface area contributed by atoms with Gasteiger partial charge in [0.25, 0.3) is 0 Å². The molecule has 0 aliphatic carbocycles. The Morgan fingerprint density at radius 2 is 1.42 bits per heavy atom. The van der Waals surface area contributed by atoms with Gasteiger partial charge in [-0.15, -0.1) is 0 Å². The second-order valence-corrected chi connectivity index (χ2v) is 9.21. The van der Waals surface area contributed by atoms with Crippen molar-refractivity contribution in [1.29, 1.82) is 0 Å². The number of methoxy groups -OCH3 is 2. The Kier molecular flexibility index (Phi) is 9.41. The Hall–Kier alpha value is -4.25. The lowest BCUT2D eigenvalue weighted by atomic mass is 10.0. The van der Waals surface area contributed by atoms with Crippen molar-refractivity contribution in [3.8, 4) is 17.2 Å². The minimum Gasteiger partial charge on any atom is -0.493 e. The Morgan fingerprint density at radius 1 is 0.737 bits per heavy atom. The summed E-state index contributed by atoms with van der Waals surface area (Å²) < 4.78 is 16.8. The summed E-state index contributed by atoms with van der Waals surface area (Å²) in [6, 6.07) is 33.8. The minimum atomic E-state index is -0.0682. The third kappa shape index (κ3) is 7.16. The van der Waals surface area contributed by atoms with Gasteiger partial charge < -0.3 is 19.1 Å². The Labute approximate surface area is 225 Å². The summed E-state index contributed by atoms with van der Waals surface area (Å²) in [5.74, 6) is 2.21. The van der Waals surface area contributed by atoms with E-state index in [9.17, 15) is 4.79 Å². The number of ether oxygens (including phenoxy) is 3. The first-order chi connectivity index (χ1) is 18.6. The second-order valence-electron chi connectivity index (χ2n) is 9.21. The minimum absolute atomic E-state index is 0.0682. The summed E-state index contributed by atoms with van der Waals surface area (Å²) in [5, 5.41) is 0. The van der Waals surface area contributed by atoms with Gasteiger partial charge in [0.2, 0.25) is 5.91 Å². The molecule has 4 aromatic rings. The van der Waals surface area contributed by atoms with Crippen LogP contribution in [0.3, 0.4) is 0 Å². The monoisotopic (exact) mass is 509 g/mol. The van der Waals surface area contributed by atoms with Gasteiger partial charge in [-0.25, -0.2) is 0 Å². The molecule has 196 valence electrons. The van der Waals surface area contributed by atoms with Crippen molar-refractivity contribution in [1.82, 2.24) is 4.90 Å². The van der Waals surface area contributed by atoms with Crippen LogP contribution in [0.4, 0.5) is 0 Å². The van der Waals surface area contributed by atoms with Crippen LogP contribution in [-0.4, -0.2) is 31.6 Å². The lowest BCUT2D eigenvalue weighted by Crippen LogP contribution is -2.36. The highest BCUT2D eigenvalue weighted by molar-refractivity contribution is 5.79. The Bertz CT molecular complexity index is 1310. The van der Waals surface area contributed by atoms with Crippen molar-refractivity contribution in [2.24, 2.45) is 0 Å². The van der Waals surface area contributed by atoms with Crippen LogP contribution in [0.1, 0.15) is 35.2 Å². The molecule has 0 aliphatic rings. The molecule has 0 bridgehead atoms. The number of carbonyl (C=O) groups excluding carboxylic acids is 1. The van der Waals surface area contributed by atoms with Gasteiger partial charge >= 0.3 is 0 Å². The third-order valence-electron chi connectivity index (χ3n) is 6.66. The standard InChI is InChI=1S/C33H35NO4/c1-25(29-14-8-5-9-15-29)34(20-19-26-17-18-31(36-2)32(22-26)37-3)33(35)23-28-13-10-16-30(21-28)38-24-27-11-6-4-7-12-27/h4-18,21-22,25H,19-20,23-24H2,1-3H3. The molecule has 4 aromatic carbocycles. The lowest BCUT2D eigenvalue weighted by Gasteiger charge is -2.30. The molecule has 1 amide bonds. The van der Waals surface area contributed by atoms with Crippen LogP contribution >= 0.6 is 0 Å². The predicted octanol–water partition coefficient (Wildman–Crippen LogP) is 6.66. The molecule has 1 unspecified atom stereocenters. The average molecular weight is 510 g/mol. The first kappa shape index (κ1) is 26.8. The van der Waals surface area contributed by atoms with Gasteiger partial charge in [-0.1, -0.05) is 78.9 Å². The first-order valence-corrected chi connectivity index (χ1v) is 12.9. The number of amides is 1. The molecule has 0 heterocycles. The molecule has 1 atom stereocenters. The zero-order valence-corrected chi connectivity index (χ0v) is 22.3. The van der Waals surface area contributed by atoms with Crippen molar-refractivity contribution in [2.75, 3.05) is 20.8 Å². The van der Waals surface area contributed by atoms with Crippen LogP contribution in [0.5, 0.6) is 17.2 Å². The van der Waals surface area contributed by atoms with E-state index in [1.807, 2.05) is 95.9 Å². The van der Waals surface area contributed by atoms with Crippen LogP contribution in [-0.2, 0) is 24.2 Å². The van der Waals surface area contributed by atoms with E-state index in [0.717, 1.165) is 28.0 Å². The first-order valence-electron chi connectivity index (χ1n) is 12.9. The third-order valence-corrected chi connectivity index (χ3v) is 6.66. The average Bonchev–Trinajstić information content (AvgIpc) is 2.97. The van der Waals surface area contributed by atoms with E-state index in [0.29, 0.717) is 37.5 Å². The van der Waals surface area contributed by atoms with Crippen molar-refractivity contribution in [2.45, 2.75) is 32.4 Å². The summed E-state index contributed by atoms with van der Waals surface area (Å²) in [7, 11) is 3.26. The quantitative estimate of drug-likeness (QED) is 0.214. The highest BCUT2D eigenvalue weighted by Crippen LogP contribution is 2.29. The van der Waals surface area contributed by atoms with E-state index >= 15 is 0 Å². The van der Waals surface area contributed by atoms with E-state index in [4.69, 9.17) is 14.2 Å². The van der Waals surface area contributed by atoms with Crippen LogP contribution in [0, 0.1) is 0 Å². The SMILES string of the molecule is COc1ccc(CCN(C(=O)Cc2cccc(OCc3ccccc3)c2)C(C)c2ccccc2)cc1OC. The maximum atomic E-state index is 13.7. The fourth-order valence-corrected chi connectivity index (χ4v) is 4.49. The summed E-state index contributed by atoms with van der Waals surface area (Å²) in [6.07, 6.45) is 0.995. The molecular weight excluding hydrogens is 474 g/mol. The number of carbonyl (C=O) groups is 1. The molecule has 0 saturated carbocycles. The maximum Gasteiger partial charge on any atom is 0.227 e. The number of hydrogen-bond acceptors (Lipinski definition) is 4. The number of hydrogen-bond donors (Lipinski definition) is 0. The molecule has 5 nitrogen and oxygen atoms in total. The van der Waals surface area contributed by atoms with Crippen molar-refractivity contribution < 1.29 is 19.0 Å². The molecule has 0 spiro atoms. The topological polar surface area (TPSA) is 48.0 Å².